The number of thiazole rings is 1. The Bertz CT molecular complexity index is 1280. The maximum atomic E-state index is 13.1. The Morgan fingerprint density at radius 2 is 1.59 bits per heavy atom. The summed E-state index contributed by atoms with van der Waals surface area (Å²) in [6.45, 7) is 2.83. The molecule has 6 nitrogen and oxygen atoms in total. The van der Waals surface area contributed by atoms with Crippen molar-refractivity contribution in [2.24, 2.45) is 0 Å². The molecule has 1 saturated heterocycles. The van der Waals surface area contributed by atoms with Gasteiger partial charge in [0.05, 0.1) is 18.9 Å². The van der Waals surface area contributed by atoms with E-state index < -0.39 is 0 Å². The van der Waals surface area contributed by atoms with Crippen LogP contribution in [0, 0.1) is 0 Å². The summed E-state index contributed by atoms with van der Waals surface area (Å²) in [7, 11) is 3.26. The lowest BCUT2D eigenvalue weighted by atomic mass is 10.0. The molecule has 2 heterocycles. The fraction of sp³-hybridized carbons (Fsp3) is 0.259. The van der Waals surface area contributed by atoms with E-state index in [1.165, 1.54) is 11.1 Å². The topological polar surface area (TPSA) is 54.9 Å². The average Bonchev–Trinajstić information content (AvgIpc) is 3.33. The normalized spacial score (nSPS) is 13.8. The molecular formula is C27H27N3O3S. The second kappa shape index (κ2) is 9.73. The summed E-state index contributed by atoms with van der Waals surface area (Å²) in [5, 5.41) is 0.943. The van der Waals surface area contributed by atoms with Crippen LogP contribution in [0.15, 0.2) is 66.7 Å². The van der Waals surface area contributed by atoms with Crippen molar-refractivity contribution in [3.63, 3.8) is 0 Å². The molecule has 0 atom stereocenters. The molecule has 1 amide bonds. The van der Waals surface area contributed by atoms with E-state index in [2.05, 4.69) is 41.3 Å². The van der Waals surface area contributed by atoms with Crippen LogP contribution >= 0.6 is 11.3 Å². The number of aromatic nitrogens is 1. The summed E-state index contributed by atoms with van der Waals surface area (Å²) in [6, 6.07) is 22.3. The minimum Gasteiger partial charge on any atom is -0.493 e. The van der Waals surface area contributed by atoms with Crippen LogP contribution < -0.4 is 14.4 Å². The Labute approximate surface area is 203 Å². The lowest BCUT2D eigenvalue weighted by Crippen LogP contribution is -2.48. The van der Waals surface area contributed by atoms with E-state index in [1.807, 2.05) is 35.2 Å². The number of methoxy groups -OCH3 is 2. The van der Waals surface area contributed by atoms with Crippen LogP contribution in [0.3, 0.4) is 0 Å². The molecule has 0 N–H and O–H groups in total. The molecule has 7 heteroatoms. The minimum absolute atomic E-state index is 0.0848. The molecule has 174 valence electrons. The number of hydrogen-bond donors (Lipinski definition) is 0. The third-order valence-electron chi connectivity index (χ3n) is 6.18. The van der Waals surface area contributed by atoms with Crippen LogP contribution in [0.2, 0.25) is 0 Å². The number of amides is 1. The Balaban J connectivity index is 1.23. The SMILES string of the molecule is COc1ccc2sc(N3CCN(C(=O)c4ccc(Cc5ccccc5)cc4)CC3)nc2c1OC. The van der Waals surface area contributed by atoms with Crippen molar-refractivity contribution in [2.75, 3.05) is 45.3 Å². The predicted molar refractivity (Wildman–Crippen MR) is 137 cm³/mol. The number of ether oxygens (including phenoxy) is 2. The van der Waals surface area contributed by atoms with Gasteiger partial charge >= 0.3 is 0 Å². The molecule has 34 heavy (non-hydrogen) atoms. The van der Waals surface area contributed by atoms with Gasteiger partial charge < -0.3 is 19.3 Å². The highest BCUT2D eigenvalue weighted by molar-refractivity contribution is 7.22. The van der Waals surface area contributed by atoms with E-state index in [0.717, 1.165) is 40.4 Å². The van der Waals surface area contributed by atoms with Gasteiger partial charge in [-0.3, -0.25) is 4.79 Å². The van der Waals surface area contributed by atoms with Gasteiger partial charge in [-0.15, -0.1) is 0 Å². The lowest BCUT2D eigenvalue weighted by molar-refractivity contribution is 0.0747. The van der Waals surface area contributed by atoms with Gasteiger partial charge in [0.15, 0.2) is 16.6 Å². The molecule has 1 aliphatic rings. The number of piperazine rings is 1. The zero-order valence-corrected chi connectivity index (χ0v) is 20.2. The second-order valence-corrected chi connectivity index (χ2v) is 9.29. The number of rotatable bonds is 6. The maximum absolute atomic E-state index is 13.1. The van der Waals surface area contributed by atoms with Crippen molar-refractivity contribution in [1.29, 1.82) is 0 Å². The van der Waals surface area contributed by atoms with Crippen molar-refractivity contribution in [3.8, 4) is 11.5 Å². The molecule has 4 aromatic rings. The van der Waals surface area contributed by atoms with Gasteiger partial charge in [-0.25, -0.2) is 4.98 Å². The fourth-order valence-electron chi connectivity index (χ4n) is 4.31. The van der Waals surface area contributed by atoms with Gasteiger partial charge in [-0.05, 0) is 41.8 Å². The Morgan fingerprint density at radius 3 is 2.26 bits per heavy atom. The first-order valence-corrected chi connectivity index (χ1v) is 12.2. The molecule has 1 aromatic heterocycles. The van der Waals surface area contributed by atoms with Gasteiger partial charge in [0, 0.05) is 31.7 Å². The summed E-state index contributed by atoms with van der Waals surface area (Å²) in [5.41, 5.74) is 4.03. The molecule has 0 radical (unpaired) electrons. The highest BCUT2D eigenvalue weighted by atomic mass is 32.1. The Kier molecular flexibility index (Phi) is 6.36. The number of carbonyl (C=O) groups is 1. The lowest BCUT2D eigenvalue weighted by Gasteiger charge is -2.34. The zero-order chi connectivity index (χ0) is 23.5. The maximum Gasteiger partial charge on any atom is 0.253 e. The Hall–Kier alpha value is -3.58. The van der Waals surface area contributed by atoms with Gasteiger partial charge in [-0.1, -0.05) is 53.8 Å². The molecule has 0 unspecified atom stereocenters. The summed E-state index contributed by atoms with van der Waals surface area (Å²) in [4.78, 5) is 22.1. The molecule has 0 saturated carbocycles. The molecule has 5 rings (SSSR count). The molecule has 1 aliphatic heterocycles. The summed E-state index contributed by atoms with van der Waals surface area (Å²) in [5.74, 6) is 1.42. The van der Waals surface area contributed by atoms with Crippen molar-refractivity contribution >= 4 is 32.6 Å². The van der Waals surface area contributed by atoms with E-state index in [0.29, 0.717) is 24.6 Å². The van der Waals surface area contributed by atoms with Gasteiger partial charge in [0.25, 0.3) is 5.91 Å². The van der Waals surface area contributed by atoms with Crippen molar-refractivity contribution < 1.29 is 14.3 Å². The molecule has 0 spiro atoms. The number of carbonyl (C=O) groups excluding carboxylic acids is 1. The van der Waals surface area contributed by atoms with Crippen LogP contribution in [0.4, 0.5) is 5.13 Å². The third-order valence-corrected chi connectivity index (χ3v) is 7.26. The van der Waals surface area contributed by atoms with Crippen LogP contribution in [-0.4, -0.2) is 56.2 Å². The summed E-state index contributed by atoms with van der Waals surface area (Å²) in [6.07, 6.45) is 0.868. The van der Waals surface area contributed by atoms with Crippen LogP contribution in [0.25, 0.3) is 10.2 Å². The summed E-state index contributed by atoms with van der Waals surface area (Å²) >= 11 is 1.64. The van der Waals surface area contributed by atoms with E-state index in [-0.39, 0.29) is 5.91 Å². The highest BCUT2D eigenvalue weighted by Crippen LogP contribution is 2.40. The first kappa shape index (κ1) is 22.2. The number of nitrogens with zero attached hydrogens (tertiary/aromatic N) is 3. The first-order valence-electron chi connectivity index (χ1n) is 11.3. The van der Waals surface area contributed by atoms with Gasteiger partial charge in [0.2, 0.25) is 0 Å². The zero-order valence-electron chi connectivity index (χ0n) is 19.4. The van der Waals surface area contributed by atoms with Crippen molar-refractivity contribution in [2.45, 2.75) is 6.42 Å². The van der Waals surface area contributed by atoms with Crippen molar-refractivity contribution in [1.82, 2.24) is 9.88 Å². The molecular weight excluding hydrogens is 446 g/mol. The monoisotopic (exact) mass is 473 g/mol. The van der Waals surface area contributed by atoms with Gasteiger partial charge in [-0.2, -0.15) is 0 Å². The Morgan fingerprint density at radius 1 is 0.882 bits per heavy atom. The van der Waals surface area contributed by atoms with Crippen LogP contribution in [0.5, 0.6) is 11.5 Å². The number of anilines is 1. The first-order chi connectivity index (χ1) is 16.7. The second-order valence-electron chi connectivity index (χ2n) is 8.28. The molecule has 1 fully saturated rings. The number of fused-ring (bicyclic) bond motifs is 1. The highest BCUT2D eigenvalue weighted by Gasteiger charge is 2.25. The molecule has 0 bridgehead atoms. The van der Waals surface area contributed by atoms with E-state index in [9.17, 15) is 4.79 Å². The number of hydrogen-bond acceptors (Lipinski definition) is 6. The quantitative estimate of drug-likeness (QED) is 0.400. The molecule has 3 aromatic carbocycles. The third kappa shape index (κ3) is 4.43. The van der Waals surface area contributed by atoms with Crippen LogP contribution in [0.1, 0.15) is 21.5 Å². The van der Waals surface area contributed by atoms with E-state index in [4.69, 9.17) is 14.5 Å². The standard InChI is InChI=1S/C27H27N3O3S/c1-32-22-12-13-23-24(25(22)33-2)28-27(34-23)30-16-14-29(15-17-30)26(31)21-10-8-20(9-11-21)18-19-6-4-3-5-7-19/h3-13H,14-18H2,1-2H3. The van der Waals surface area contributed by atoms with Crippen LogP contribution in [-0.2, 0) is 6.42 Å². The largest absolute Gasteiger partial charge is 0.493 e. The minimum atomic E-state index is 0.0848. The van der Waals surface area contributed by atoms with E-state index >= 15 is 0 Å². The number of benzene rings is 3. The summed E-state index contributed by atoms with van der Waals surface area (Å²) < 4.78 is 12.0. The average molecular weight is 474 g/mol. The van der Waals surface area contributed by atoms with E-state index in [1.54, 1.807) is 25.6 Å². The predicted octanol–water partition coefficient (Wildman–Crippen LogP) is 4.87. The fourth-order valence-corrected chi connectivity index (χ4v) is 5.33. The van der Waals surface area contributed by atoms with Crippen molar-refractivity contribution in [3.05, 3.63) is 83.4 Å². The molecule has 0 aliphatic carbocycles. The smallest absolute Gasteiger partial charge is 0.253 e. The van der Waals surface area contributed by atoms with Gasteiger partial charge in [0.1, 0.15) is 5.52 Å².